The first-order valence-electron chi connectivity index (χ1n) is 8.27. The average Bonchev–Trinajstić information content (AvgIpc) is 3.01. The molecule has 0 bridgehead atoms. The number of carboxylic acid groups (broad SMARTS) is 1. The van der Waals surface area contributed by atoms with Crippen molar-refractivity contribution in [1.29, 1.82) is 0 Å². The predicted molar refractivity (Wildman–Crippen MR) is 91.1 cm³/mol. The molecule has 3 rings (SSSR count). The summed E-state index contributed by atoms with van der Waals surface area (Å²) in [5.74, 6) is -1.10. The summed E-state index contributed by atoms with van der Waals surface area (Å²) in [6, 6.07) is 9.59. The highest BCUT2D eigenvalue weighted by molar-refractivity contribution is 5.92. The van der Waals surface area contributed by atoms with Crippen molar-refractivity contribution < 1.29 is 19.4 Å². The lowest BCUT2D eigenvalue weighted by molar-refractivity contribution is -0.137. The number of carboxylic acids is 1. The number of hydrogen-bond acceptors (Lipinski definition) is 4. The number of carbonyl (C=O) groups is 2. The second-order valence-electron chi connectivity index (χ2n) is 6.23. The van der Waals surface area contributed by atoms with Gasteiger partial charge in [-0.2, -0.15) is 5.10 Å². The Morgan fingerprint density at radius 3 is 2.80 bits per heavy atom. The fourth-order valence-corrected chi connectivity index (χ4v) is 3.01. The smallest absolute Gasteiger partial charge is 0.325 e. The zero-order valence-corrected chi connectivity index (χ0v) is 14.0. The number of anilines is 1. The van der Waals surface area contributed by atoms with E-state index < -0.39 is 5.97 Å². The number of nitrogens with zero attached hydrogens (tertiary/aromatic N) is 2. The summed E-state index contributed by atoms with van der Waals surface area (Å²) >= 11 is 0. The topological polar surface area (TPSA) is 93.5 Å². The highest BCUT2D eigenvalue weighted by Crippen LogP contribution is 2.34. The molecule has 1 fully saturated rings. The molecule has 0 saturated carbocycles. The first-order valence-corrected chi connectivity index (χ1v) is 8.27. The molecule has 1 aliphatic heterocycles. The number of carbonyl (C=O) groups excluding carboxylic acids is 1. The number of rotatable bonds is 5. The van der Waals surface area contributed by atoms with E-state index in [2.05, 4.69) is 10.4 Å². The second kappa shape index (κ2) is 7.48. The molecule has 0 unspecified atom stereocenters. The van der Waals surface area contributed by atoms with E-state index in [4.69, 9.17) is 9.84 Å². The SMILES string of the molecule is Cc1ccc([C@H]2OCCC[C@H]2C(=O)Nc2ccn(CC(=O)O)n2)cc1. The molecule has 25 heavy (non-hydrogen) atoms. The van der Waals surface area contributed by atoms with Gasteiger partial charge in [-0.3, -0.25) is 14.3 Å². The van der Waals surface area contributed by atoms with Gasteiger partial charge in [0.2, 0.25) is 5.91 Å². The van der Waals surface area contributed by atoms with E-state index in [0.717, 1.165) is 24.0 Å². The van der Waals surface area contributed by atoms with E-state index in [-0.39, 0.29) is 24.5 Å². The third-order valence-electron chi connectivity index (χ3n) is 4.25. The van der Waals surface area contributed by atoms with Crippen LogP contribution in [0.15, 0.2) is 36.5 Å². The zero-order valence-electron chi connectivity index (χ0n) is 14.0. The Labute approximate surface area is 145 Å². The molecular weight excluding hydrogens is 322 g/mol. The summed E-state index contributed by atoms with van der Waals surface area (Å²) in [4.78, 5) is 23.4. The maximum atomic E-state index is 12.7. The molecule has 1 amide bonds. The van der Waals surface area contributed by atoms with Gasteiger partial charge in [-0.15, -0.1) is 0 Å². The third kappa shape index (κ3) is 4.24. The van der Waals surface area contributed by atoms with Crippen molar-refractivity contribution in [2.75, 3.05) is 11.9 Å². The molecule has 2 atom stereocenters. The lowest BCUT2D eigenvalue weighted by Gasteiger charge is -2.31. The molecule has 0 radical (unpaired) electrons. The minimum Gasteiger partial charge on any atom is -0.480 e. The van der Waals surface area contributed by atoms with E-state index in [1.807, 2.05) is 31.2 Å². The number of aliphatic carboxylic acids is 1. The van der Waals surface area contributed by atoms with E-state index in [1.54, 1.807) is 6.07 Å². The molecule has 2 heterocycles. The van der Waals surface area contributed by atoms with Gasteiger partial charge in [0.15, 0.2) is 5.82 Å². The van der Waals surface area contributed by atoms with Crippen LogP contribution in [0.2, 0.25) is 0 Å². The molecular formula is C18H21N3O4. The Morgan fingerprint density at radius 2 is 2.08 bits per heavy atom. The molecule has 1 aromatic carbocycles. The molecule has 1 aromatic heterocycles. The summed E-state index contributed by atoms with van der Waals surface area (Å²) < 4.78 is 7.14. The van der Waals surface area contributed by atoms with E-state index in [1.165, 1.54) is 10.9 Å². The van der Waals surface area contributed by atoms with Crippen molar-refractivity contribution in [3.05, 3.63) is 47.7 Å². The second-order valence-corrected chi connectivity index (χ2v) is 6.23. The lowest BCUT2D eigenvalue weighted by Crippen LogP contribution is -2.33. The molecule has 132 valence electrons. The van der Waals surface area contributed by atoms with Crippen LogP contribution in [-0.2, 0) is 20.9 Å². The summed E-state index contributed by atoms with van der Waals surface area (Å²) in [7, 11) is 0. The number of aromatic nitrogens is 2. The first kappa shape index (κ1) is 17.2. The number of amides is 1. The number of nitrogens with one attached hydrogen (secondary N) is 1. The fourth-order valence-electron chi connectivity index (χ4n) is 3.01. The Bertz CT molecular complexity index is 754. The van der Waals surface area contributed by atoms with Crippen LogP contribution in [0.5, 0.6) is 0 Å². The summed E-state index contributed by atoms with van der Waals surface area (Å²) in [6.45, 7) is 2.41. The van der Waals surface area contributed by atoms with Crippen LogP contribution in [-0.4, -0.2) is 33.4 Å². The fraction of sp³-hybridized carbons (Fsp3) is 0.389. The van der Waals surface area contributed by atoms with Gasteiger partial charge in [0, 0.05) is 18.9 Å². The van der Waals surface area contributed by atoms with Crippen molar-refractivity contribution in [3.63, 3.8) is 0 Å². The average molecular weight is 343 g/mol. The monoisotopic (exact) mass is 343 g/mol. The summed E-state index contributed by atoms with van der Waals surface area (Å²) in [5.41, 5.74) is 2.14. The Kier molecular flexibility index (Phi) is 5.14. The number of hydrogen-bond donors (Lipinski definition) is 2. The van der Waals surface area contributed by atoms with Crippen molar-refractivity contribution in [3.8, 4) is 0 Å². The van der Waals surface area contributed by atoms with Crippen molar-refractivity contribution >= 4 is 17.7 Å². The lowest BCUT2D eigenvalue weighted by atomic mass is 9.88. The molecule has 1 aliphatic rings. The molecule has 7 nitrogen and oxygen atoms in total. The van der Waals surface area contributed by atoms with Crippen LogP contribution in [0, 0.1) is 12.8 Å². The molecule has 0 aliphatic carbocycles. The van der Waals surface area contributed by atoms with Crippen LogP contribution >= 0.6 is 0 Å². The standard InChI is InChI=1S/C18H21N3O4/c1-12-4-6-13(7-5-12)17-14(3-2-10-25-17)18(24)19-15-8-9-21(20-15)11-16(22)23/h4-9,14,17H,2-3,10-11H2,1H3,(H,22,23)(H,19,20,24)/t14-,17-/m1/s1. The number of ether oxygens (including phenoxy) is 1. The van der Waals surface area contributed by atoms with Crippen molar-refractivity contribution in [2.24, 2.45) is 5.92 Å². The Morgan fingerprint density at radius 1 is 1.32 bits per heavy atom. The Balaban J connectivity index is 1.71. The van der Waals surface area contributed by atoms with Gasteiger partial charge in [0.1, 0.15) is 6.54 Å². The Hall–Kier alpha value is -2.67. The molecule has 2 aromatic rings. The van der Waals surface area contributed by atoms with Crippen LogP contribution in [0.1, 0.15) is 30.1 Å². The van der Waals surface area contributed by atoms with Gasteiger partial charge in [-0.05, 0) is 25.3 Å². The molecule has 7 heteroatoms. The maximum absolute atomic E-state index is 12.7. The van der Waals surface area contributed by atoms with E-state index >= 15 is 0 Å². The minimum absolute atomic E-state index is 0.161. The molecule has 1 saturated heterocycles. The van der Waals surface area contributed by atoms with Crippen molar-refractivity contribution in [2.45, 2.75) is 32.4 Å². The van der Waals surface area contributed by atoms with Gasteiger partial charge >= 0.3 is 5.97 Å². The summed E-state index contributed by atoms with van der Waals surface area (Å²) in [6.07, 6.45) is 2.81. The van der Waals surface area contributed by atoms with Gasteiger partial charge in [0.25, 0.3) is 0 Å². The number of aryl methyl sites for hydroxylation is 1. The van der Waals surface area contributed by atoms with Crippen LogP contribution in [0.25, 0.3) is 0 Å². The highest BCUT2D eigenvalue weighted by atomic mass is 16.5. The van der Waals surface area contributed by atoms with Gasteiger partial charge in [-0.25, -0.2) is 0 Å². The van der Waals surface area contributed by atoms with Gasteiger partial charge in [0.05, 0.1) is 12.0 Å². The number of benzene rings is 1. The normalized spacial score (nSPS) is 20.2. The molecule has 0 spiro atoms. The molecule has 2 N–H and O–H groups in total. The van der Waals surface area contributed by atoms with E-state index in [0.29, 0.717) is 12.4 Å². The zero-order chi connectivity index (χ0) is 17.8. The maximum Gasteiger partial charge on any atom is 0.325 e. The summed E-state index contributed by atoms with van der Waals surface area (Å²) in [5, 5.41) is 15.6. The predicted octanol–water partition coefficient (Wildman–Crippen LogP) is 2.38. The van der Waals surface area contributed by atoms with Crippen LogP contribution < -0.4 is 5.32 Å². The largest absolute Gasteiger partial charge is 0.480 e. The van der Waals surface area contributed by atoms with E-state index in [9.17, 15) is 9.59 Å². The van der Waals surface area contributed by atoms with Crippen LogP contribution in [0.3, 0.4) is 0 Å². The van der Waals surface area contributed by atoms with Crippen LogP contribution in [0.4, 0.5) is 5.82 Å². The highest BCUT2D eigenvalue weighted by Gasteiger charge is 2.33. The minimum atomic E-state index is -0.985. The first-order chi connectivity index (χ1) is 12.0. The third-order valence-corrected chi connectivity index (χ3v) is 4.25. The van der Waals surface area contributed by atoms with Gasteiger partial charge < -0.3 is 15.2 Å². The van der Waals surface area contributed by atoms with Crippen molar-refractivity contribution in [1.82, 2.24) is 9.78 Å². The van der Waals surface area contributed by atoms with Gasteiger partial charge in [-0.1, -0.05) is 29.8 Å². The quantitative estimate of drug-likeness (QED) is 0.869.